The summed E-state index contributed by atoms with van der Waals surface area (Å²) in [5, 5.41) is 20.5. The predicted molar refractivity (Wildman–Crippen MR) is 94.0 cm³/mol. The smallest absolute Gasteiger partial charge is 0.165 e. The molecule has 134 valence electrons. The molecule has 5 nitrogen and oxygen atoms in total. The van der Waals surface area contributed by atoms with E-state index >= 15 is 0 Å². The Bertz CT molecular complexity index is 921. The molecule has 0 aromatic heterocycles. The molecule has 7 rings (SSSR count). The largest absolute Gasteiger partial charge is 0.504 e. The molecule has 2 fully saturated rings. The standard InChI is InChI=1S/C21H22N2O3/c1-23-8-7-20-16-12-3-4-14(24)17(16)26-18(20)21(25-2)6-5-19(20,15(23)9-12)10-13(21)11-22/h3-6,13,15,18,24H,7-10H2,1-2H3. The van der Waals surface area contributed by atoms with E-state index in [1.165, 1.54) is 11.1 Å². The van der Waals surface area contributed by atoms with E-state index in [0.717, 1.165) is 25.8 Å². The van der Waals surface area contributed by atoms with Crippen molar-refractivity contribution in [2.45, 2.75) is 42.4 Å². The Kier molecular flexibility index (Phi) is 2.47. The number of hydrogen-bond donors (Lipinski definition) is 1. The highest BCUT2D eigenvalue weighted by atomic mass is 16.6. The Labute approximate surface area is 152 Å². The zero-order valence-electron chi connectivity index (χ0n) is 15.0. The summed E-state index contributed by atoms with van der Waals surface area (Å²) < 4.78 is 12.6. The quantitative estimate of drug-likeness (QED) is 0.786. The first-order valence-corrected chi connectivity index (χ1v) is 9.41. The number of benzene rings is 1. The monoisotopic (exact) mass is 350 g/mol. The third kappa shape index (κ3) is 1.22. The van der Waals surface area contributed by atoms with Crippen LogP contribution in [-0.4, -0.2) is 48.5 Å². The minimum atomic E-state index is -0.753. The molecule has 4 aliphatic carbocycles. The molecule has 2 aliphatic heterocycles. The van der Waals surface area contributed by atoms with Crippen LogP contribution in [0.1, 0.15) is 24.0 Å². The first-order valence-electron chi connectivity index (χ1n) is 9.41. The molecule has 1 aromatic rings. The number of ether oxygens (including phenoxy) is 2. The van der Waals surface area contributed by atoms with Gasteiger partial charge < -0.3 is 19.5 Å². The van der Waals surface area contributed by atoms with E-state index in [1.54, 1.807) is 13.2 Å². The average molecular weight is 350 g/mol. The Morgan fingerprint density at radius 2 is 2.23 bits per heavy atom. The molecule has 1 saturated carbocycles. The van der Waals surface area contributed by atoms with E-state index in [2.05, 4.69) is 36.2 Å². The highest BCUT2D eigenvalue weighted by Gasteiger charge is 2.79. The lowest BCUT2D eigenvalue weighted by Crippen LogP contribution is -2.78. The molecule has 0 amide bonds. The van der Waals surface area contributed by atoms with Crippen LogP contribution in [-0.2, 0) is 16.6 Å². The van der Waals surface area contributed by atoms with Gasteiger partial charge in [-0.1, -0.05) is 18.2 Å². The lowest BCUT2D eigenvalue weighted by Gasteiger charge is -2.70. The van der Waals surface area contributed by atoms with E-state index < -0.39 is 5.60 Å². The molecule has 0 radical (unpaired) electrons. The molecular formula is C21H22N2O3. The number of hydrogen-bond acceptors (Lipinski definition) is 5. The minimum Gasteiger partial charge on any atom is -0.504 e. The molecule has 1 aromatic carbocycles. The second-order valence-electron chi connectivity index (χ2n) is 8.68. The fourth-order valence-electron chi connectivity index (χ4n) is 7.20. The molecular weight excluding hydrogens is 328 g/mol. The van der Waals surface area contributed by atoms with Crippen molar-refractivity contribution in [3.05, 3.63) is 35.4 Å². The maximum Gasteiger partial charge on any atom is 0.165 e. The number of likely N-dealkylation sites (tertiary alicyclic amines) is 1. The number of phenolic OH excluding ortho intramolecular Hbond substituents is 1. The van der Waals surface area contributed by atoms with Crippen molar-refractivity contribution in [3.63, 3.8) is 0 Å². The highest BCUT2D eigenvalue weighted by Crippen LogP contribution is 2.74. The summed E-state index contributed by atoms with van der Waals surface area (Å²) in [5.41, 5.74) is 1.36. The summed E-state index contributed by atoms with van der Waals surface area (Å²) in [6, 6.07) is 6.68. The normalized spacial score (nSPS) is 46.6. The zero-order chi connectivity index (χ0) is 17.9. The second-order valence-corrected chi connectivity index (χ2v) is 8.68. The Balaban J connectivity index is 1.75. The lowest BCUT2D eigenvalue weighted by atomic mass is 9.37. The van der Waals surface area contributed by atoms with Gasteiger partial charge in [-0.25, -0.2) is 0 Å². The molecule has 5 heteroatoms. The molecule has 1 N–H and O–H groups in total. The van der Waals surface area contributed by atoms with Crippen LogP contribution >= 0.6 is 0 Å². The highest BCUT2D eigenvalue weighted by molar-refractivity contribution is 5.65. The third-order valence-electron chi connectivity index (χ3n) is 8.23. The molecule has 1 saturated heterocycles. The Morgan fingerprint density at radius 3 is 3.00 bits per heavy atom. The van der Waals surface area contributed by atoms with Crippen LogP contribution in [0.2, 0.25) is 0 Å². The second kappa shape index (κ2) is 4.27. The van der Waals surface area contributed by atoms with Gasteiger partial charge in [0.2, 0.25) is 0 Å². The fraction of sp³-hybridized carbons (Fsp3) is 0.571. The van der Waals surface area contributed by atoms with E-state index in [4.69, 9.17) is 9.47 Å². The van der Waals surface area contributed by atoms with E-state index in [9.17, 15) is 10.4 Å². The van der Waals surface area contributed by atoms with Crippen molar-refractivity contribution in [2.75, 3.05) is 20.7 Å². The summed E-state index contributed by atoms with van der Waals surface area (Å²) in [5.74, 6) is 0.588. The number of nitriles is 1. The fourth-order valence-corrected chi connectivity index (χ4v) is 7.20. The van der Waals surface area contributed by atoms with Crippen LogP contribution in [0.25, 0.3) is 0 Å². The van der Waals surface area contributed by atoms with E-state index in [0.29, 0.717) is 11.8 Å². The van der Waals surface area contributed by atoms with Crippen molar-refractivity contribution in [3.8, 4) is 17.6 Å². The molecule has 2 spiro atoms. The van der Waals surface area contributed by atoms with Gasteiger partial charge in [-0.15, -0.1) is 0 Å². The molecule has 26 heavy (non-hydrogen) atoms. The van der Waals surface area contributed by atoms with E-state index in [-0.39, 0.29) is 28.6 Å². The summed E-state index contributed by atoms with van der Waals surface area (Å²) >= 11 is 0. The van der Waals surface area contributed by atoms with Gasteiger partial charge in [0.25, 0.3) is 0 Å². The SMILES string of the molecule is COC12C=CC3(CC1C#N)C1Cc4ccc(O)c5c4C3(CCN1C)C2O5. The van der Waals surface area contributed by atoms with Crippen molar-refractivity contribution >= 4 is 0 Å². The Morgan fingerprint density at radius 1 is 1.38 bits per heavy atom. The molecule has 4 bridgehead atoms. The van der Waals surface area contributed by atoms with Gasteiger partial charge in [-0.3, -0.25) is 0 Å². The minimum absolute atomic E-state index is 0.141. The average Bonchev–Trinajstić information content (AvgIpc) is 3.03. The number of piperidine rings is 1. The summed E-state index contributed by atoms with van der Waals surface area (Å²) in [7, 11) is 3.89. The van der Waals surface area contributed by atoms with Crippen LogP contribution in [0.15, 0.2) is 24.3 Å². The van der Waals surface area contributed by atoms with Gasteiger partial charge in [-0.2, -0.15) is 5.26 Å². The number of rotatable bonds is 1. The van der Waals surface area contributed by atoms with Gasteiger partial charge in [0.1, 0.15) is 11.7 Å². The first-order chi connectivity index (χ1) is 12.5. The molecule has 6 aliphatic rings. The van der Waals surface area contributed by atoms with Crippen molar-refractivity contribution < 1.29 is 14.6 Å². The topological polar surface area (TPSA) is 65.7 Å². The van der Waals surface area contributed by atoms with Gasteiger partial charge in [-0.05, 0) is 44.5 Å². The van der Waals surface area contributed by atoms with Gasteiger partial charge in [0.05, 0.1) is 17.4 Å². The third-order valence-corrected chi connectivity index (χ3v) is 8.23. The maximum atomic E-state index is 10.6. The summed E-state index contributed by atoms with van der Waals surface area (Å²) in [6.07, 6.45) is 6.86. The number of likely N-dealkylation sites (N-methyl/N-ethyl adjacent to an activating group) is 1. The van der Waals surface area contributed by atoms with Gasteiger partial charge in [0, 0.05) is 24.1 Å². The molecule has 6 unspecified atom stereocenters. The lowest BCUT2D eigenvalue weighted by molar-refractivity contribution is -0.203. The number of aromatic hydroxyl groups is 1. The predicted octanol–water partition coefficient (Wildman–Crippen LogP) is 2.14. The van der Waals surface area contributed by atoms with Crippen LogP contribution in [0.4, 0.5) is 0 Å². The van der Waals surface area contributed by atoms with Crippen molar-refractivity contribution in [1.29, 1.82) is 5.26 Å². The number of fused-ring (bicyclic) bond motifs is 1. The van der Waals surface area contributed by atoms with Crippen LogP contribution in [0, 0.1) is 22.7 Å². The van der Waals surface area contributed by atoms with E-state index in [1.807, 2.05) is 0 Å². The van der Waals surface area contributed by atoms with Crippen molar-refractivity contribution in [1.82, 2.24) is 4.90 Å². The van der Waals surface area contributed by atoms with Crippen molar-refractivity contribution in [2.24, 2.45) is 11.3 Å². The number of nitrogens with zero attached hydrogens (tertiary/aromatic N) is 2. The first kappa shape index (κ1) is 15.1. The van der Waals surface area contributed by atoms with Crippen LogP contribution < -0.4 is 4.74 Å². The number of phenols is 1. The zero-order valence-corrected chi connectivity index (χ0v) is 15.0. The van der Waals surface area contributed by atoms with Crippen LogP contribution in [0.3, 0.4) is 0 Å². The number of methoxy groups -OCH3 is 1. The molecule has 6 atom stereocenters. The summed E-state index contributed by atoms with van der Waals surface area (Å²) in [6.45, 7) is 0.992. The van der Waals surface area contributed by atoms with Crippen LogP contribution in [0.5, 0.6) is 11.5 Å². The molecule has 2 heterocycles. The Hall–Kier alpha value is -2.03. The maximum absolute atomic E-state index is 10.6. The summed E-state index contributed by atoms with van der Waals surface area (Å²) in [4.78, 5) is 2.46. The van der Waals surface area contributed by atoms with Gasteiger partial charge in [0.15, 0.2) is 11.5 Å². The van der Waals surface area contributed by atoms with Gasteiger partial charge >= 0.3 is 0 Å².